The molecule has 0 heterocycles. The molecule has 4 nitrogen and oxygen atoms in total. The molecular weight excluding hydrogens is 296 g/mol. The zero-order valence-electron chi connectivity index (χ0n) is 12.9. The average molecular weight is 316 g/mol. The summed E-state index contributed by atoms with van der Waals surface area (Å²) < 4.78 is 12.1. The van der Waals surface area contributed by atoms with Crippen LogP contribution in [0.3, 0.4) is 0 Å². The van der Waals surface area contributed by atoms with Gasteiger partial charge >= 0.3 is 0 Å². The van der Waals surface area contributed by atoms with Gasteiger partial charge in [0.2, 0.25) is 0 Å². The molecule has 0 aliphatic heterocycles. The van der Waals surface area contributed by atoms with E-state index in [1.165, 1.54) is 0 Å². The van der Waals surface area contributed by atoms with Crippen molar-refractivity contribution >= 4 is 22.8 Å². The Labute approximate surface area is 134 Å². The molecule has 0 aliphatic rings. The summed E-state index contributed by atoms with van der Waals surface area (Å²) in [7, 11) is 0. The van der Waals surface area contributed by atoms with Crippen molar-refractivity contribution in [1.82, 2.24) is 0 Å². The second-order valence-electron chi connectivity index (χ2n) is 5.92. The third kappa shape index (κ3) is 3.68. The molecule has 0 saturated carbocycles. The van der Waals surface area contributed by atoms with Gasteiger partial charge in [0.15, 0.2) is 4.90 Å². The lowest BCUT2D eigenvalue weighted by Gasteiger charge is -2.24. The van der Waals surface area contributed by atoms with Crippen molar-refractivity contribution < 1.29 is 9.35 Å². The van der Waals surface area contributed by atoms with E-state index in [4.69, 9.17) is 5.84 Å². The fourth-order valence-corrected chi connectivity index (χ4v) is 3.09. The maximum absolute atomic E-state index is 12.5. The van der Waals surface area contributed by atoms with Gasteiger partial charge in [-0.1, -0.05) is 24.3 Å². The van der Waals surface area contributed by atoms with Crippen LogP contribution in [-0.4, -0.2) is 15.2 Å². The van der Waals surface area contributed by atoms with Crippen LogP contribution in [0, 0.1) is 0 Å². The fourth-order valence-electron chi connectivity index (χ4n) is 1.94. The van der Waals surface area contributed by atoms with Crippen molar-refractivity contribution in [3.05, 3.63) is 60.2 Å². The number of hydrogen-bond acceptors (Lipinski definition) is 3. The van der Waals surface area contributed by atoms with E-state index in [1.54, 1.807) is 36.4 Å². The van der Waals surface area contributed by atoms with Gasteiger partial charge in [-0.3, -0.25) is 4.79 Å². The third-order valence-corrected chi connectivity index (χ3v) is 4.90. The Morgan fingerprint density at radius 2 is 1.73 bits per heavy atom. The predicted molar refractivity (Wildman–Crippen MR) is 90.0 cm³/mol. The minimum absolute atomic E-state index is 0.334. The fraction of sp³-hybridized carbons (Fsp3) is 0.235. The lowest BCUT2D eigenvalue weighted by Crippen LogP contribution is -2.37. The Kier molecular flexibility index (Phi) is 4.90. The van der Waals surface area contributed by atoms with Gasteiger partial charge in [-0.05, 0) is 56.2 Å². The molecule has 0 radical (unpaired) electrons. The zero-order valence-corrected chi connectivity index (χ0v) is 13.8. The molecule has 5 heteroatoms. The molecule has 0 aliphatic carbocycles. The molecule has 0 aromatic heterocycles. The number of amides is 1. The van der Waals surface area contributed by atoms with Crippen LogP contribution in [-0.2, 0) is 11.2 Å². The monoisotopic (exact) mass is 316 g/mol. The minimum atomic E-state index is -1.20. The van der Waals surface area contributed by atoms with E-state index in [9.17, 15) is 9.35 Å². The molecule has 0 bridgehead atoms. The largest absolute Gasteiger partial charge is 0.611 e. The number of benzene rings is 2. The van der Waals surface area contributed by atoms with E-state index in [2.05, 4.69) is 0 Å². The van der Waals surface area contributed by atoms with E-state index in [0.29, 0.717) is 16.1 Å². The molecule has 0 fully saturated rings. The van der Waals surface area contributed by atoms with Gasteiger partial charge in [0.05, 0.1) is 5.69 Å². The molecule has 2 aromatic carbocycles. The number of para-hydroxylation sites is 1. The van der Waals surface area contributed by atoms with Crippen LogP contribution in [0.2, 0.25) is 0 Å². The molecule has 0 spiro atoms. The Bertz CT molecular complexity index is 653. The van der Waals surface area contributed by atoms with Crippen LogP contribution in [0.1, 0.15) is 31.1 Å². The average Bonchev–Trinajstić information content (AvgIpc) is 2.52. The molecule has 1 unspecified atom stereocenters. The number of nitrogens with zero attached hydrogens (tertiary/aromatic N) is 1. The minimum Gasteiger partial charge on any atom is -0.611 e. The molecular formula is C17H20N2O2S. The second kappa shape index (κ2) is 6.52. The van der Waals surface area contributed by atoms with E-state index in [-0.39, 0.29) is 10.7 Å². The first kappa shape index (κ1) is 16.5. The smallest absolute Gasteiger partial charge is 0.272 e. The third-order valence-electron chi connectivity index (χ3n) is 3.10. The molecule has 116 valence electrons. The van der Waals surface area contributed by atoms with Gasteiger partial charge in [-0.15, -0.1) is 0 Å². The molecule has 1 amide bonds. The van der Waals surface area contributed by atoms with Gasteiger partial charge in [0.1, 0.15) is 4.75 Å². The highest BCUT2D eigenvalue weighted by molar-refractivity contribution is 7.92. The maximum atomic E-state index is 12.5. The van der Waals surface area contributed by atoms with Crippen LogP contribution in [0.25, 0.3) is 0 Å². The van der Waals surface area contributed by atoms with Crippen LogP contribution in [0.5, 0.6) is 0 Å². The summed E-state index contributed by atoms with van der Waals surface area (Å²) in [4.78, 5) is 13.1. The van der Waals surface area contributed by atoms with E-state index in [1.807, 2.05) is 39.0 Å². The zero-order chi connectivity index (χ0) is 16.3. The van der Waals surface area contributed by atoms with E-state index in [0.717, 1.165) is 5.01 Å². The summed E-state index contributed by atoms with van der Waals surface area (Å²) in [6, 6.07) is 15.8. The quantitative estimate of drug-likeness (QED) is 0.409. The van der Waals surface area contributed by atoms with Crippen molar-refractivity contribution in [2.45, 2.75) is 30.4 Å². The number of hydrogen-bond donors (Lipinski definition) is 1. The number of hydrazine groups is 1. The van der Waals surface area contributed by atoms with Crippen molar-refractivity contribution in [3.63, 3.8) is 0 Å². The predicted octanol–water partition coefficient (Wildman–Crippen LogP) is 3.11. The lowest BCUT2D eigenvalue weighted by molar-refractivity contribution is 0.0986. The maximum Gasteiger partial charge on any atom is 0.272 e. The number of rotatable bonds is 3. The Balaban J connectivity index is 2.28. The Morgan fingerprint density at radius 1 is 1.09 bits per heavy atom. The summed E-state index contributed by atoms with van der Waals surface area (Å²) in [5.74, 6) is 5.56. The highest BCUT2D eigenvalue weighted by Crippen LogP contribution is 2.25. The highest BCUT2D eigenvalue weighted by Gasteiger charge is 2.29. The number of carbonyl (C=O) groups excluding carboxylic acids is 1. The molecule has 2 aromatic rings. The van der Waals surface area contributed by atoms with Crippen molar-refractivity contribution in [2.24, 2.45) is 5.84 Å². The lowest BCUT2D eigenvalue weighted by atomic mass is 10.2. The van der Waals surface area contributed by atoms with Gasteiger partial charge in [-0.2, -0.15) is 0 Å². The van der Waals surface area contributed by atoms with Gasteiger partial charge < -0.3 is 4.55 Å². The van der Waals surface area contributed by atoms with Crippen molar-refractivity contribution in [1.29, 1.82) is 0 Å². The van der Waals surface area contributed by atoms with Crippen LogP contribution in [0.4, 0.5) is 5.69 Å². The van der Waals surface area contributed by atoms with E-state index >= 15 is 0 Å². The molecule has 22 heavy (non-hydrogen) atoms. The highest BCUT2D eigenvalue weighted by atomic mass is 32.2. The topological polar surface area (TPSA) is 69.4 Å². The van der Waals surface area contributed by atoms with E-state index < -0.39 is 11.2 Å². The van der Waals surface area contributed by atoms with Crippen molar-refractivity contribution in [3.8, 4) is 0 Å². The van der Waals surface area contributed by atoms with Gasteiger partial charge in [0.25, 0.3) is 5.91 Å². The number of carbonyl (C=O) groups is 1. The first-order chi connectivity index (χ1) is 10.3. The standard InChI is InChI=1S/C17H20N2O2S/c1-17(2,3)22(21)15-11-7-8-13(12-15)16(20)19(18)14-9-5-4-6-10-14/h4-12H,18H2,1-3H3. The SMILES string of the molecule is CC(C)(C)[S+]([O-])c1cccc(C(=O)N(N)c2ccccc2)c1. The molecule has 2 rings (SSSR count). The molecule has 1 atom stereocenters. The summed E-state index contributed by atoms with van der Waals surface area (Å²) in [5, 5.41) is 1.10. The Morgan fingerprint density at radius 3 is 2.32 bits per heavy atom. The normalized spacial score (nSPS) is 12.8. The molecule has 0 saturated heterocycles. The summed E-state index contributed by atoms with van der Waals surface area (Å²) in [5.41, 5.74) is 1.02. The van der Waals surface area contributed by atoms with Crippen molar-refractivity contribution in [2.75, 3.05) is 5.01 Å². The van der Waals surface area contributed by atoms with Crippen LogP contribution >= 0.6 is 0 Å². The number of anilines is 1. The summed E-state index contributed by atoms with van der Waals surface area (Å²) in [6.45, 7) is 5.70. The van der Waals surface area contributed by atoms with Gasteiger partial charge in [0, 0.05) is 11.6 Å². The summed E-state index contributed by atoms with van der Waals surface area (Å²) in [6.07, 6.45) is 0. The first-order valence-corrected chi connectivity index (χ1v) is 8.12. The second-order valence-corrected chi connectivity index (χ2v) is 8.15. The van der Waals surface area contributed by atoms with Crippen LogP contribution < -0.4 is 10.9 Å². The molecule has 2 N–H and O–H groups in total. The van der Waals surface area contributed by atoms with Crippen LogP contribution in [0.15, 0.2) is 59.5 Å². The number of nitrogens with two attached hydrogens (primary N) is 1. The first-order valence-electron chi connectivity index (χ1n) is 6.97. The Hall–Kier alpha value is -1.82. The summed E-state index contributed by atoms with van der Waals surface area (Å²) >= 11 is -1.20. The van der Waals surface area contributed by atoms with Gasteiger partial charge in [-0.25, -0.2) is 10.9 Å².